The number of rotatable bonds is 10. The summed E-state index contributed by atoms with van der Waals surface area (Å²) in [4.78, 5) is 23.6. The molecule has 0 aliphatic rings. The van der Waals surface area contributed by atoms with Crippen molar-refractivity contribution in [2.24, 2.45) is 0 Å². The average Bonchev–Trinajstić information content (AvgIpc) is 2.79. The SMILES string of the molecule is O=C(O)COc1ccc(NC(=O)[C@H](Cc2ccccc2)NS(=O)(=O)c2ccc(Cl)cc2)cc1. The standard InChI is InChI=1S/C23H21ClN2O6S/c24-17-6-12-20(13-7-17)33(30,31)26-21(14-16-4-2-1-3-5-16)23(29)25-18-8-10-19(11-9-18)32-15-22(27)28/h1-13,21,26H,14-15H2,(H,25,29)(H,27,28)/t21-/m0/s1. The van der Waals surface area contributed by atoms with Gasteiger partial charge >= 0.3 is 5.97 Å². The summed E-state index contributed by atoms with van der Waals surface area (Å²) in [7, 11) is -4.00. The summed E-state index contributed by atoms with van der Waals surface area (Å²) in [5.41, 5.74) is 1.17. The number of hydrogen-bond acceptors (Lipinski definition) is 5. The van der Waals surface area contributed by atoms with Gasteiger partial charge in [0.25, 0.3) is 0 Å². The predicted octanol–water partition coefficient (Wildman–Crippen LogP) is 3.33. The Kier molecular flexibility index (Phi) is 8.05. The van der Waals surface area contributed by atoms with Crippen molar-refractivity contribution in [1.29, 1.82) is 0 Å². The van der Waals surface area contributed by atoms with Gasteiger partial charge in [-0.3, -0.25) is 4.79 Å². The summed E-state index contributed by atoms with van der Waals surface area (Å²) >= 11 is 5.84. The minimum Gasteiger partial charge on any atom is -0.482 e. The Morgan fingerprint density at radius 3 is 2.18 bits per heavy atom. The van der Waals surface area contributed by atoms with Crippen LogP contribution in [0.25, 0.3) is 0 Å². The number of amides is 1. The molecule has 172 valence electrons. The first kappa shape index (κ1) is 24.2. The van der Waals surface area contributed by atoms with Crippen molar-refractivity contribution in [3.63, 3.8) is 0 Å². The van der Waals surface area contributed by atoms with Crippen LogP contribution < -0.4 is 14.8 Å². The number of benzene rings is 3. The Bertz CT molecular complexity index is 1200. The van der Waals surface area contributed by atoms with E-state index in [4.69, 9.17) is 21.4 Å². The highest BCUT2D eigenvalue weighted by Crippen LogP contribution is 2.18. The first-order valence-corrected chi connectivity index (χ1v) is 11.7. The number of carbonyl (C=O) groups is 2. The van der Waals surface area contributed by atoms with E-state index < -0.39 is 34.5 Å². The first-order chi connectivity index (χ1) is 15.7. The lowest BCUT2D eigenvalue weighted by Gasteiger charge is -2.19. The second kappa shape index (κ2) is 11.0. The molecule has 1 amide bonds. The highest BCUT2D eigenvalue weighted by atomic mass is 35.5. The van der Waals surface area contributed by atoms with Crippen LogP contribution in [0.2, 0.25) is 5.02 Å². The Morgan fingerprint density at radius 1 is 0.939 bits per heavy atom. The molecule has 0 saturated heterocycles. The van der Waals surface area contributed by atoms with Crippen LogP contribution in [-0.2, 0) is 26.0 Å². The fourth-order valence-corrected chi connectivity index (χ4v) is 4.24. The van der Waals surface area contributed by atoms with Crippen LogP contribution in [0.1, 0.15) is 5.56 Å². The van der Waals surface area contributed by atoms with E-state index in [1.54, 1.807) is 24.3 Å². The van der Waals surface area contributed by atoms with Gasteiger partial charge in [0.1, 0.15) is 11.8 Å². The molecule has 0 fully saturated rings. The molecule has 10 heteroatoms. The number of ether oxygens (including phenoxy) is 1. The zero-order chi connectivity index (χ0) is 23.8. The van der Waals surface area contributed by atoms with Crippen LogP contribution in [0, 0.1) is 0 Å². The molecule has 0 saturated carbocycles. The average molecular weight is 489 g/mol. The van der Waals surface area contributed by atoms with E-state index in [2.05, 4.69) is 10.0 Å². The van der Waals surface area contributed by atoms with Crippen molar-refractivity contribution in [3.8, 4) is 5.75 Å². The Morgan fingerprint density at radius 2 is 1.58 bits per heavy atom. The molecular formula is C23H21ClN2O6S. The minimum absolute atomic E-state index is 0.0160. The van der Waals surface area contributed by atoms with E-state index in [-0.39, 0.29) is 11.3 Å². The van der Waals surface area contributed by atoms with Crippen molar-refractivity contribution < 1.29 is 27.9 Å². The van der Waals surface area contributed by atoms with Crippen molar-refractivity contribution >= 4 is 39.2 Å². The third kappa shape index (κ3) is 7.31. The van der Waals surface area contributed by atoms with E-state index in [0.717, 1.165) is 5.56 Å². The van der Waals surface area contributed by atoms with Crippen LogP contribution in [0.4, 0.5) is 5.69 Å². The zero-order valence-corrected chi connectivity index (χ0v) is 18.8. The number of carboxylic acids is 1. The first-order valence-electron chi connectivity index (χ1n) is 9.80. The van der Waals surface area contributed by atoms with E-state index in [1.807, 2.05) is 6.07 Å². The molecule has 0 bridgehead atoms. The van der Waals surface area contributed by atoms with Gasteiger partial charge in [-0.1, -0.05) is 41.9 Å². The number of aliphatic carboxylic acids is 1. The minimum atomic E-state index is -4.00. The Balaban J connectivity index is 1.77. The highest BCUT2D eigenvalue weighted by molar-refractivity contribution is 7.89. The lowest BCUT2D eigenvalue weighted by molar-refractivity contribution is -0.139. The van der Waals surface area contributed by atoms with Crippen molar-refractivity contribution in [2.75, 3.05) is 11.9 Å². The fourth-order valence-electron chi connectivity index (χ4n) is 2.92. The summed E-state index contributed by atoms with van der Waals surface area (Å²) in [5, 5.41) is 11.7. The molecular weight excluding hydrogens is 468 g/mol. The maximum Gasteiger partial charge on any atom is 0.341 e. The lowest BCUT2D eigenvalue weighted by Crippen LogP contribution is -2.45. The van der Waals surface area contributed by atoms with Crippen LogP contribution >= 0.6 is 11.6 Å². The molecule has 1 atom stereocenters. The van der Waals surface area contributed by atoms with Gasteiger partial charge < -0.3 is 15.2 Å². The second-order valence-electron chi connectivity index (χ2n) is 7.01. The second-order valence-corrected chi connectivity index (χ2v) is 9.16. The van der Waals surface area contributed by atoms with Crippen LogP contribution in [-0.4, -0.2) is 38.0 Å². The van der Waals surface area contributed by atoms with E-state index in [1.165, 1.54) is 48.5 Å². The quantitative estimate of drug-likeness (QED) is 0.402. The number of carbonyl (C=O) groups excluding carboxylic acids is 1. The van der Waals surface area contributed by atoms with Gasteiger partial charge in [-0.2, -0.15) is 4.72 Å². The number of anilines is 1. The molecule has 8 nitrogen and oxygen atoms in total. The normalized spacial score (nSPS) is 12.0. The van der Waals surface area contributed by atoms with Gasteiger partial charge in [-0.25, -0.2) is 13.2 Å². The van der Waals surface area contributed by atoms with E-state index >= 15 is 0 Å². The van der Waals surface area contributed by atoms with Gasteiger partial charge in [-0.05, 0) is 60.5 Å². The summed E-state index contributed by atoms with van der Waals surface area (Å²) in [6.07, 6.45) is 0.124. The van der Waals surface area contributed by atoms with Crippen molar-refractivity contribution in [1.82, 2.24) is 4.72 Å². The molecule has 3 rings (SSSR count). The Hall–Kier alpha value is -3.40. The number of halogens is 1. The zero-order valence-electron chi connectivity index (χ0n) is 17.3. The third-order valence-electron chi connectivity index (χ3n) is 4.50. The number of sulfonamides is 1. The van der Waals surface area contributed by atoms with E-state index in [0.29, 0.717) is 16.5 Å². The van der Waals surface area contributed by atoms with Gasteiger partial charge in [0, 0.05) is 10.7 Å². The molecule has 3 N–H and O–H groups in total. The highest BCUT2D eigenvalue weighted by Gasteiger charge is 2.26. The topological polar surface area (TPSA) is 122 Å². The third-order valence-corrected chi connectivity index (χ3v) is 6.24. The number of hydrogen-bond donors (Lipinski definition) is 3. The fraction of sp³-hybridized carbons (Fsp3) is 0.130. The van der Waals surface area contributed by atoms with E-state index in [9.17, 15) is 18.0 Å². The Labute approximate surface area is 196 Å². The van der Waals surface area contributed by atoms with Gasteiger partial charge in [0.15, 0.2) is 6.61 Å². The molecule has 3 aromatic carbocycles. The largest absolute Gasteiger partial charge is 0.482 e. The molecule has 0 spiro atoms. The monoisotopic (exact) mass is 488 g/mol. The molecule has 0 radical (unpaired) electrons. The van der Waals surface area contributed by atoms with Crippen molar-refractivity contribution in [3.05, 3.63) is 89.4 Å². The van der Waals surface area contributed by atoms with Gasteiger partial charge in [0.05, 0.1) is 4.90 Å². The van der Waals surface area contributed by atoms with Crippen molar-refractivity contribution in [2.45, 2.75) is 17.4 Å². The van der Waals surface area contributed by atoms with Crippen LogP contribution in [0.15, 0.2) is 83.8 Å². The lowest BCUT2D eigenvalue weighted by atomic mass is 10.1. The summed E-state index contributed by atoms with van der Waals surface area (Å²) < 4.78 is 33.3. The molecule has 0 heterocycles. The molecule has 0 aromatic heterocycles. The molecule has 0 aliphatic heterocycles. The summed E-state index contributed by atoms with van der Waals surface area (Å²) in [6.45, 7) is -0.489. The predicted molar refractivity (Wildman–Crippen MR) is 124 cm³/mol. The van der Waals surface area contributed by atoms with Gasteiger partial charge in [0.2, 0.25) is 15.9 Å². The molecule has 3 aromatic rings. The van der Waals surface area contributed by atoms with Gasteiger partial charge in [-0.15, -0.1) is 0 Å². The number of carboxylic acid groups (broad SMARTS) is 1. The van der Waals surface area contributed by atoms with Crippen LogP contribution in [0.3, 0.4) is 0 Å². The van der Waals surface area contributed by atoms with Crippen LogP contribution in [0.5, 0.6) is 5.75 Å². The smallest absolute Gasteiger partial charge is 0.341 e. The molecule has 0 aliphatic carbocycles. The summed E-state index contributed by atoms with van der Waals surface area (Å²) in [5.74, 6) is -1.35. The molecule has 33 heavy (non-hydrogen) atoms. The molecule has 0 unspecified atom stereocenters. The maximum absolute atomic E-state index is 13.0. The number of nitrogens with one attached hydrogen (secondary N) is 2. The maximum atomic E-state index is 13.0. The summed E-state index contributed by atoms with van der Waals surface area (Å²) in [6, 6.07) is 19.6.